The molecule has 0 unspecified atom stereocenters. The average Bonchev–Trinajstić information content (AvgIpc) is 2.70. The summed E-state index contributed by atoms with van der Waals surface area (Å²) in [5.41, 5.74) is 2.08. The third-order valence-corrected chi connectivity index (χ3v) is 4.47. The van der Waals surface area contributed by atoms with E-state index in [2.05, 4.69) is 15.0 Å². The van der Waals surface area contributed by atoms with E-state index in [-0.39, 0.29) is 16.9 Å². The van der Waals surface area contributed by atoms with E-state index in [4.69, 9.17) is 16.3 Å². The van der Waals surface area contributed by atoms with Crippen LogP contribution in [0.15, 0.2) is 60.9 Å². The number of fused-ring (bicyclic) bond motifs is 1. The molecule has 28 heavy (non-hydrogen) atoms. The number of hydrogen-bond acceptors (Lipinski definition) is 6. The van der Waals surface area contributed by atoms with Gasteiger partial charge in [-0.2, -0.15) is 9.97 Å². The molecule has 4 aromatic rings. The molecule has 0 aliphatic heterocycles. The highest BCUT2D eigenvalue weighted by molar-refractivity contribution is 6.31. The number of aromatic hydroxyl groups is 1. The number of aromatic nitrogens is 3. The smallest absolute Gasteiger partial charge is 0.325 e. The Morgan fingerprint density at radius 3 is 2.54 bits per heavy atom. The summed E-state index contributed by atoms with van der Waals surface area (Å²) >= 11 is 5.85. The molecular formula is C20H14ClFN4O2. The van der Waals surface area contributed by atoms with Gasteiger partial charge in [0.25, 0.3) is 0 Å². The first-order valence-corrected chi connectivity index (χ1v) is 8.66. The molecule has 0 bridgehead atoms. The van der Waals surface area contributed by atoms with Gasteiger partial charge >= 0.3 is 6.01 Å². The molecule has 6 nitrogen and oxygen atoms in total. The van der Waals surface area contributed by atoms with Crippen molar-refractivity contribution in [3.05, 3.63) is 71.8 Å². The second-order valence-corrected chi connectivity index (χ2v) is 6.38. The van der Waals surface area contributed by atoms with Crippen LogP contribution in [0.5, 0.6) is 17.6 Å². The van der Waals surface area contributed by atoms with Crippen LogP contribution in [0.1, 0.15) is 0 Å². The maximum absolute atomic E-state index is 13.3. The van der Waals surface area contributed by atoms with Crippen LogP contribution in [0, 0.1) is 5.82 Å². The van der Waals surface area contributed by atoms with Gasteiger partial charge in [0.05, 0.1) is 22.1 Å². The molecule has 0 fully saturated rings. The van der Waals surface area contributed by atoms with Crippen molar-refractivity contribution in [2.45, 2.75) is 0 Å². The summed E-state index contributed by atoms with van der Waals surface area (Å²) in [5, 5.41) is 10.6. The summed E-state index contributed by atoms with van der Waals surface area (Å²) in [6.07, 6.45) is 3.07. The summed E-state index contributed by atoms with van der Waals surface area (Å²) in [4.78, 5) is 14.0. The monoisotopic (exact) mass is 396 g/mol. The first-order valence-electron chi connectivity index (χ1n) is 8.29. The minimum Gasteiger partial charge on any atom is -0.493 e. The van der Waals surface area contributed by atoms with Crippen LogP contribution in [-0.2, 0) is 0 Å². The van der Waals surface area contributed by atoms with Gasteiger partial charge in [-0.1, -0.05) is 11.6 Å². The van der Waals surface area contributed by atoms with Crippen molar-refractivity contribution in [3.8, 4) is 17.6 Å². The Morgan fingerprint density at radius 2 is 1.79 bits per heavy atom. The number of halogens is 2. The molecule has 2 aromatic carbocycles. The standard InChI is InChI=1S/C20H14ClFN4O2/c1-26(13-4-7-17(22)16(21)10-13)12-2-5-14(6-3-12)28-20-24-18-11-23-9-8-15(18)19(27)25-20/h2-11H,1H3,(H,24,25,27). The molecule has 8 heteroatoms. The van der Waals surface area contributed by atoms with Gasteiger partial charge in [0.2, 0.25) is 5.88 Å². The fourth-order valence-corrected chi connectivity index (χ4v) is 2.85. The Hall–Kier alpha value is -3.45. The Morgan fingerprint density at radius 1 is 1.04 bits per heavy atom. The topological polar surface area (TPSA) is 71.4 Å². The predicted molar refractivity (Wildman–Crippen MR) is 105 cm³/mol. The zero-order valence-electron chi connectivity index (χ0n) is 14.7. The Labute approximate surface area is 164 Å². The molecule has 0 radical (unpaired) electrons. The zero-order chi connectivity index (χ0) is 19.7. The SMILES string of the molecule is CN(c1ccc(Oc2nc(O)c3ccncc3n2)cc1)c1ccc(F)c(Cl)c1. The van der Waals surface area contributed by atoms with Crippen LogP contribution < -0.4 is 9.64 Å². The van der Waals surface area contributed by atoms with Crippen molar-refractivity contribution in [1.82, 2.24) is 15.0 Å². The zero-order valence-corrected chi connectivity index (χ0v) is 15.4. The third-order valence-electron chi connectivity index (χ3n) is 4.18. The van der Waals surface area contributed by atoms with Crippen LogP contribution in [0.2, 0.25) is 5.02 Å². The molecule has 0 amide bonds. The molecule has 2 heterocycles. The van der Waals surface area contributed by atoms with E-state index in [1.54, 1.807) is 36.5 Å². The Kier molecular flexibility index (Phi) is 4.67. The van der Waals surface area contributed by atoms with E-state index in [0.717, 1.165) is 11.4 Å². The predicted octanol–water partition coefficient (Wildman–Crippen LogP) is 5.08. The summed E-state index contributed by atoms with van der Waals surface area (Å²) in [5.74, 6) is -0.139. The normalized spacial score (nSPS) is 10.8. The van der Waals surface area contributed by atoms with E-state index in [1.165, 1.54) is 12.3 Å². The average molecular weight is 397 g/mol. The van der Waals surface area contributed by atoms with Gasteiger partial charge in [0.15, 0.2) is 0 Å². The highest BCUT2D eigenvalue weighted by Crippen LogP contribution is 2.30. The molecule has 0 atom stereocenters. The summed E-state index contributed by atoms with van der Waals surface area (Å²) in [6.45, 7) is 0. The van der Waals surface area contributed by atoms with Crippen molar-refractivity contribution < 1.29 is 14.2 Å². The lowest BCUT2D eigenvalue weighted by Crippen LogP contribution is -2.09. The van der Waals surface area contributed by atoms with E-state index in [0.29, 0.717) is 16.7 Å². The number of rotatable bonds is 4. The number of pyridine rings is 1. The lowest BCUT2D eigenvalue weighted by atomic mass is 10.2. The van der Waals surface area contributed by atoms with Gasteiger partial charge in [-0.15, -0.1) is 0 Å². The molecule has 0 spiro atoms. The van der Waals surface area contributed by atoms with Gasteiger partial charge in [-0.3, -0.25) is 4.98 Å². The second-order valence-electron chi connectivity index (χ2n) is 5.98. The number of anilines is 2. The molecular weight excluding hydrogens is 383 g/mol. The fourth-order valence-electron chi connectivity index (χ4n) is 2.67. The molecule has 1 N–H and O–H groups in total. The Bertz CT molecular complexity index is 1150. The van der Waals surface area contributed by atoms with E-state index < -0.39 is 5.82 Å². The second kappa shape index (κ2) is 7.28. The van der Waals surface area contributed by atoms with Crippen molar-refractivity contribution in [1.29, 1.82) is 0 Å². The van der Waals surface area contributed by atoms with Gasteiger partial charge in [0, 0.05) is 24.6 Å². The van der Waals surface area contributed by atoms with E-state index in [9.17, 15) is 9.50 Å². The lowest BCUT2D eigenvalue weighted by molar-refractivity contribution is 0.412. The lowest BCUT2D eigenvalue weighted by Gasteiger charge is -2.20. The fraction of sp³-hybridized carbons (Fsp3) is 0.0500. The van der Waals surface area contributed by atoms with Crippen LogP contribution >= 0.6 is 11.6 Å². The summed E-state index contributed by atoms with van der Waals surface area (Å²) in [6, 6.07) is 13.3. The first-order chi connectivity index (χ1) is 13.5. The minimum absolute atomic E-state index is 0.0180. The van der Waals surface area contributed by atoms with Crippen molar-refractivity contribution in [2.75, 3.05) is 11.9 Å². The molecule has 2 aromatic heterocycles. The highest BCUT2D eigenvalue weighted by Gasteiger charge is 2.10. The molecule has 4 rings (SSSR count). The third kappa shape index (κ3) is 3.52. The highest BCUT2D eigenvalue weighted by atomic mass is 35.5. The first kappa shape index (κ1) is 17.9. The van der Waals surface area contributed by atoms with Crippen LogP contribution in [-0.4, -0.2) is 27.1 Å². The van der Waals surface area contributed by atoms with Crippen molar-refractivity contribution in [3.63, 3.8) is 0 Å². The molecule has 0 saturated carbocycles. The van der Waals surface area contributed by atoms with Crippen LogP contribution in [0.3, 0.4) is 0 Å². The van der Waals surface area contributed by atoms with E-state index >= 15 is 0 Å². The van der Waals surface area contributed by atoms with Crippen LogP contribution in [0.4, 0.5) is 15.8 Å². The van der Waals surface area contributed by atoms with Gasteiger partial charge in [0.1, 0.15) is 11.6 Å². The van der Waals surface area contributed by atoms with Crippen molar-refractivity contribution >= 4 is 33.9 Å². The largest absolute Gasteiger partial charge is 0.493 e. The minimum atomic E-state index is -0.462. The Balaban J connectivity index is 1.55. The summed E-state index contributed by atoms with van der Waals surface area (Å²) < 4.78 is 19.0. The van der Waals surface area contributed by atoms with Gasteiger partial charge in [-0.25, -0.2) is 4.39 Å². The number of hydrogen-bond donors (Lipinski definition) is 1. The maximum Gasteiger partial charge on any atom is 0.325 e. The van der Waals surface area contributed by atoms with Crippen LogP contribution in [0.25, 0.3) is 10.9 Å². The quantitative estimate of drug-likeness (QED) is 0.518. The molecule has 0 aliphatic rings. The number of benzene rings is 2. The molecule has 0 aliphatic carbocycles. The molecule has 140 valence electrons. The summed E-state index contributed by atoms with van der Waals surface area (Å²) in [7, 11) is 1.84. The maximum atomic E-state index is 13.3. The van der Waals surface area contributed by atoms with Crippen molar-refractivity contribution in [2.24, 2.45) is 0 Å². The van der Waals surface area contributed by atoms with Gasteiger partial charge < -0.3 is 14.7 Å². The number of ether oxygens (including phenoxy) is 1. The van der Waals surface area contributed by atoms with Gasteiger partial charge in [-0.05, 0) is 48.5 Å². The molecule has 0 saturated heterocycles. The number of nitrogens with zero attached hydrogens (tertiary/aromatic N) is 4. The van der Waals surface area contributed by atoms with E-state index in [1.807, 2.05) is 24.1 Å².